The van der Waals surface area contributed by atoms with E-state index in [1.165, 1.54) is 36.3 Å². The Morgan fingerprint density at radius 1 is 1.00 bits per heavy atom. The summed E-state index contributed by atoms with van der Waals surface area (Å²) in [5.74, 6) is -2.67. The monoisotopic (exact) mass is 568 g/mol. The van der Waals surface area contributed by atoms with Crippen molar-refractivity contribution in [2.45, 2.75) is 38.8 Å². The molecule has 40 heavy (non-hydrogen) atoms. The Labute approximate surface area is 233 Å². The van der Waals surface area contributed by atoms with Crippen molar-refractivity contribution in [3.63, 3.8) is 0 Å². The first-order chi connectivity index (χ1) is 18.8. The van der Waals surface area contributed by atoms with Crippen LogP contribution in [0.2, 0.25) is 0 Å². The molecule has 0 N–H and O–H groups in total. The zero-order chi connectivity index (χ0) is 29.4. The van der Waals surface area contributed by atoms with Crippen LogP contribution < -0.4 is 0 Å². The summed E-state index contributed by atoms with van der Waals surface area (Å²) in [6.07, 6.45) is -1.22. The summed E-state index contributed by atoms with van der Waals surface area (Å²) in [5.41, 5.74) is 0.703. The number of rotatable bonds is 8. The highest BCUT2D eigenvalue weighted by molar-refractivity contribution is 7.92. The smallest absolute Gasteiger partial charge is 0.338 e. The van der Waals surface area contributed by atoms with Crippen LogP contribution in [-0.4, -0.2) is 79.8 Å². The van der Waals surface area contributed by atoms with E-state index in [-0.39, 0.29) is 29.2 Å². The normalized spacial score (nSPS) is 19.9. The van der Waals surface area contributed by atoms with Gasteiger partial charge in [0.15, 0.2) is 27.1 Å². The Balaban J connectivity index is 1.61. The van der Waals surface area contributed by atoms with Gasteiger partial charge < -0.3 is 14.4 Å². The second-order valence-electron chi connectivity index (χ2n) is 10.9. The van der Waals surface area contributed by atoms with Crippen LogP contribution >= 0.6 is 0 Å². The van der Waals surface area contributed by atoms with Crippen molar-refractivity contribution in [2.24, 2.45) is 5.41 Å². The van der Waals surface area contributed by atoms with E-state index >= 15 is 0 Å². The maximum atomic E-state index is 13.6. The topological polar surface area (TPSA) is 127 Å². The number of Topliss-reactive ketones (excluding diaryl/α,β-unsaturated/α-hetero) is 1. The lowest BCUT2D eigenvalue weighted by Crippen LogP contribution is -2.71. The summed E-state index contributed by atoms with van der Waals surface area (Å²) in [6, 6.07) is 15.1. The van der Waals surface area contributed by atoms with E-state index in [1.807, 2.05) is 30.3 Å². The molecule has 0 radical (unpaired) electrons. The standard InChI is InChI=1S/C29H32N2O8S/c1-29(2,3)24(32)19-11-13-20(14-12-19)28(35)39-16-21-17-40(36,37)27-23(38-5)26(34)31(27)22(21)25(33)30(4)15-18-9-7-6-8-10-18/h6-14,23,27H,15-17H2,1-5H3/t23-,27+/m0/s1. The van der Waals surface area contributed by atoms with Gasteiger partial charge in [-0.05, 0) is 17.7 Å². The molecule has 2 aromatic rings. The molecule has 2 aliphatic heterocycles. The molecule has 0 saturated carbocycles. The summed E-state index contributed by atoms with van der Waals surface area (Å²) in [5, 5.41) is -1.33. The molecule has 0 unspecified atom stereocenters. The number of hydrogen-bond acceptors (Lipinski definition) is 8. The van der Waals surface area contributed by atoms with Gasteiger partial charge in [-0.15, -0.1) is 0 Å². The maximum Gasteiger partial charge on any atom is 0.338 e. The number of hydrogen-bond donors (Lipinski definition) is 0. The van der Waals surface area contributed by atoms with E-state index in [0.717, 1.165) is 10.5 Å². The first-order valence-corrected chi connectivity index (χ1v) is 14.4. The lowest BCUT2D eigenvalue weighted by atomic mass is 9.86. The summed E-state index contributed by atoms with van der Waals surface area (Å²) >= 11 is 0. The van der Waals surface area contributed by atoms with E-state index in [2.05, 4.69) is 0 Å². The number of β-lactam (4-membered cyclic amide) rings is 1. The van der Waals surface area contributed by atoms with Gasteiger partial charge in [-0.2, -0.15) is 0 Å². The van der Waals surface area contributed by atoms with Crippen LogP contribution in [0.4, 0.5) is 0 Å². The Bertz CT molecular complexity index is 1470. The molecule has 212 valence electrons. The Kier molecular flexibility index (Phi) is 8.00. The van der Waals surface area contributed by atoms with Crippen LogP contribution in [0, 0.1) is 5.41 Å². The maximum absolute atomic E-state index is 13.6. The van der Waals surface area contributed by atoms with Gasteiger partial charge in [0.2, 0.25) is 0 Å². The van der Waals surface area contributed by atoms with Crippen molar-refractivity contribution in [2.75, 3.05) is 26.5 Å². The van der Waals surface area contributed by atoms with Crippen LogP contribution in [0.3, 0.4) is 0 Å². The van der Waals surface area contributed by atoms with Crippen molar-refractivity contribution in [3.8, 4) is 0 Å². The molecule has 0 aromatic heterocycles. The Hall–Kier alpha value is -3.83. The molecule has 2 aromatic carbocycles. The van der Waals surface area contributed by atoms with Crippen LogP contribution in [0.25, 0.3) is 0 Å². The third-order valence-corrected chi connectivity index (χ3v) is 8.77. The number of ether oxygens (including phenoxy) is 2. The highest BCUT2D eigenvalue weighted by Gasteiger charge is 2.60. The number of methoxy groups -OCH3 is 1. The van der Waals surface area contributed by atoms with Crippen LogP contribution in [0.1, 0.15) is 47.1 Å². The Morgan fingerprint density at radius 3 is 2.17 bits per heavy atom. The molecule has 0 bridgehead atoms. The van der Waals surface area contributed by atoms with E-state index in [0.29, 0.717) is 5.56 Å². The number of sulfone groups is 1. The molecule has 2 heterocycles. The minimum absolute atomic E-state index is 0.00283. The molecule has 4 rings (SSSR count). The van der Waals surface area contributed by atoms with Gasteiger partial charge >= 0.3 is 5.97 Å². The van der Waals surface area contributed by atoms with Crippen molar-refractivity contribution < 1.29 is 37.1 Å². The number of likely N-dealkylation sites (N-methyl/N-ethyl adjacent to an activating group) is 1. The number of fused-ring (bicyclic) bond motifs is 1. The molecule has 10 nitrogen and oxygen atoms in total. The van der Waals surface area contributed by atoms with E-state index in [4.69, 9.17) is 9.47 Å². The summed E-state index contributed by atoms with van der Waals surface area (Å²) in [4.78, 5) is 54.1. The largest absolute Gasteiger partial charge is 0.457 e. The number of amides is 2. The molecular formula is C29H32N2O8S. The second kappa shape index (κ2) is 11.0. The number of benzene rings is 2. The average Bonchev–Trinajstić information content (AvgIpc) is 2.91. The Morgan fingerprint density at radius 2 is 1.60 bits per heavy atom. The lowest BCUT2D eigenvalue weighted by Gasteiger charge is -2.49. The van der Waals surface area contributed by atoms with Gasteiger partial charge in [-0.1, -0.05) is 63.2 Å². The van der Waals surface area contributed by atoms with Gasteiger partial charge in [-0.25, -0.2) is 13.2 Å². The fourth-order valence-electron chi connectivity index (χ4n) is 4.71. The van der Waals surface area contributed by atoms with Crippen molar-refractivity contribution >= 4 is 33.4 Å². The van der Waals surface area contributed by atoms with Crippen molar-refractivity contribution in [1.29, 1.82) is 0 Å². The van der Waals surface area contributed by atoms with Gasteiger partial charge in [0.05, 0.1) is 11.3 Å². The molecule has 0 spiro atoms. The molecule has 1 saturated heterocycles. The van der Waals surface area contributed by atoms with E-state index in [9.17, 15) is 27.6 Å². The van der Waals surface area contributed by atoms with Crippen LogP contribution in [0.5, 0.6) is 0 Å². The second-order valence-corrected chi connectivity index (χ2v) is 13.0. The minimum atomic E-state index is -3.94. The third-order valence-electron chi connectivity index (χ3n) is 6.82. The third kappa shape index (κ3) is 5.57. The highest BCUT2D eigenvalue weighted by Crippen LogP contribution is 2.38. The predicted molar refractivity (Wildman–Crippen MR) is 146 cm³/mol. The summed E-state index contributed by atoms with van der Waals surface area (Å²) < 4.78 is 36.7. The fraction of sp³-hybridized carbons (Fsp3) is 0.379. The number of ketones is 1. The van der Waals surface area contributed by atoms with Gasteiger partial charge in [0.25, 0.3) is 11.8 Å². The van der Waals surface area contributed by atoms with Crippen molar-refractivity contribution in [1.82, 2.24) is 9.80 Å². The fourth-order valence-corrected chi connectivity index (χ4v) is 6.72. The molecular weight excluding hydrogens is 536 g/mol. The molecule has 1 fully saturated rings. The zero-order valence-electron chi connectivity index (χ0n) is 23.0. The highest BCUT2D eigenvalue weighted by atomic mass is 32.2. The van der Waals surface area contributed by atoms with Crippen LogP contribution in [0.15, 0.2) is 65.9 Å². The summed E-state index contributed by atoms with van der Waals surface area (Å²) in [6.45, 7) is 5.07. The van der Waals surface area contributed by atoms with Gasteiger partial charge in [0.1, 0.15) is 12.3 Å². The molecule has 2 aliphatic rings. The number of carbonyl (C=O) groups is 4. The first-order valence-electron chi connectivity index (χ1n) is 12.7. The van der Waals surface area contributed by atoms with Crippen LogP contribution in [-0.2, 0) is 35.4 Å². The average molecular weight is 569 g/mol. The predicted octanol–water partition coefficient (Wildman–Crippen LogP) is 2.60. The molecule has 2 atom stereocenters. The lowest BCUT2D eigenvalue weighted by molar-refractivity contribution is -0.161. The molecule has 2 amide bonds. The number of carbonyl (C=O) groups excluding carboxylic acids is 4. The molecule has 11 heteroatoms. The minimum Gasteiger partial charge on any atom is -0.457 e. The van der Waals surface area contributed by atoms with E-state index in [1.54, 1.807) is 27.8 Å². The first kappa shape index (κ1) is 29.2. The SMILES string of the molecule is CO[C@H]1C(=O)N2C(C(=O)N(C)Cc3ccccc3)=C(COC(=O)c3ccc(C(=O)C(C)(C)C)cc3)CS(=O)(=O)[C@H]12. The number of esters is 1. The number of nitrogens with zero attached hydrogens (tertiary/aromatic N) is 2. The van der Waals surface area contributed by atoms with Gasteiger partial charge in [-0.3, -0.25) is 19.3 Å². The quantitative estimate of drug-likeness (QED) is 0.270. The molecule has 0 aliphatic carbocycles. The van der Waals surface area contributed by atoms with Gasteiger partial charge in [0, 0.05) is 37.3 Å². The summed E-state index contributed by atoms with van der Waals surface area (Å²) in [7, 11) is -1.16. The zero-order valence-corrected chi connectivity index (χ0v) is 23.9. The van der Waals surface area contributed by atoms with E-state index < -0.39 is 56.9 Å². The van der Waals surface area contributed by atoms with Crippen molar-refractivity contribution in [3.05, 3.63) is 82.6 Å².